The van der Waals surface area contributed by atoms with Crippen molar-refractivity contribution in [2.75, 3.05) is 5.32 Å². The summed E-state index contributed by atoms with van der Waals surface area (Å²) in [5, 5.41) is 6.69. The number of nitrogens with zero attached hydrogens (tertiary/aromatic N) is 1. The lowest BCUT2D eigenvalue weighted by molar-refractivity contribution is -0.136. The Hall–Kier alpha value is -3.20. The second-order valence-corrected chi connectivity index (χ2v) is 8.47. The molecular weight excluding hydrogens is 533 g/mol. The summed E-state index contributed by atoms with van der Waals surface area (Å²) in [5.41, 5.74) is 4.09. The van der Waals surface area contributed by atoms with E-state index in [1.165, 1.54) is 18.3 Å². The molecule has 3 aromatic rings. The lowest BCUT2D eigenvalue weighted by Gasteiger charge is -2.08. The summed E-state index contributed by atoms with van der Waals surface area (Å²) in [7, 11) is 0. The third-order valence-electron chi connectivity index (χ3n) is 4.21. The molecule has 0 unspecified atom stereocenters. The molecule has 0 radical (unpaired) electrons. The minimum Gasteiger partial charge on any atom is -0.422 e. The van der Waals surface area contributed by atoms with Crippen LogP contribution in [0.2, 0.25) is 10.0 Å². The quantitative estimate of drug-likeness (QED) is 0.147. The van der Waals surface area contributed by atoms with Crippen molar-refractivity contribution >= 4 is 68.8 Å². The number of anilines is 1. The lowest BCUT2D eigenvalue weighted by Crippen LogP contribution is -2.32. The first-order valence-electron chi connectivity index (χ1n) is 9.41. The number of hydrogen-bond donors (Lipinski definition) is 2. The molecule has 0 aliphatic rings. The Labute approximate surface area is 207 Å². The van der Waals surface area contributed by atoms with E-state index in [2.05, 4.69) is 31.8 Å². The van der Waals surface area contributed by atoms with Crippen LogP contribution in [0, 0.1) is 6.92 Å². The van der Waals surface area contributed by atoms with Gasteiger partial charge in [0.05, 0.1) is 22.5 Å². The normalized spacial score (nSPS) is 10.7. The van der Waals surface area contributed by atoms with Crippen molar-refractivity contribution in [1.29, 1.82) is 0 Å². The van der Waals surface area contributed by atoms with Crippen molar-refractivity contribution in [3.05, 3.63) is 91.9 Å². The van der Waals surface area contributed by atoms with Crippen LogP contribution in [0.5, 0.6) is 5.75 Å². The molecule has 0 atom stereocenters. The summed E-state index contributed by atoms with van der Waals surface area (Å²) in [6.07, 6.45) is 1.25. The molecule has 3 aromatic carbocycles. The summed E-state index contributed by atoms with van der Waals surface area (Å²) in [4.78, 5) is 36.6. The maximum Gasteiger partial charge on any atom is 0.343 e. The zero-order valence-electron chi connectivity index (χ0n) is 17.1. The number of halogens is 3. The second-order valence-electron chi connectivity index (χ2n) is 6.72. The molecule has 0 saturated carbocycles. The van der Waals surface area contributed by atoms with Gasteiger partial charge in [-0.2, -0.15) is 5.10 Å². The number of benzene rings is 3. The van der Waals surface area contributed by atoms with Gasteiger partial charge in [0.2, 0.25) is 0 Å². The van der Waals surface area contributed by atoms with E-state index in [4.69, 9.17) is 27.9 Å². The molecule has 7 nitrogen and oxygen atoms in total. The van der Waals surface area contributed by atoms with Crippen LogP contribution >= 0.6 is 39.1 Å². The van der Waals surface area contributed by atoms with Crippen molar-refractivity contribution in [3.63, 3.8) is 0 Å². The van der Waals surface area contributed by atoms with Gasteiger partial charge >= 0.3 is 17.8 Å². The number of hydrogen-bond acceptors (Lipinski definition) is 5. The van der Waals surface area contributed by atoms with Crippen molar-refractivity contribution < 1.29 is 19.1 Å². The van der Waals surface area contributed by atoms with Crippen molar-refractivity contribution in [2.45, 2.75) is 6.92 Å². The van der Waals surface area contributed by atoms with Gasteiger partial charge in [-0.25, -0.2) is 10.2 Å². The molecule has 2 amide bonds. The number of rotatable bonds is 5. The molecule has 0 heterocycles. The van der Waals surface area contributed by atoms with Crippen molar-refractivity contribution in [3.8, 4) is 5.75 Å². The average molecular weight is 549 g/mol. The molecule has 0 aromatic heterocycles. The molecule has 33 heavy (non-hydrogen) atoms. The molecule has 0 fully saturated rings. The highest BCUT2D eigenvalue weighted by molar-refractivity contribution is 9.10. The van der Waals surface area contributed by atoms with Crippen LogP contribution in [0.3, 0.4) is 0 Å². The Morgan fingerprint density at radius 2 is 1.70 bits per heavy atom. The van der Waals surface area contributed by atoms with E-state index in [0.29, 0.717) is 20.6 Å². The number of carbonyl (C=O) groups is 3. The Morgan fingerprint density at radius 3 is 2.42 bits per heavy atom. The Morgan fingerprint density at radius 1 is 0.970 bits per heavy atom. The van der Waals surface area contributed by atoms with Crippen molar-refractivity contribution in [2.24, 2.45) is 5.10 Å². The third-order valence-corrected chi connectivity index (χ3v) is 5.27. The zero-order valence-corrected chi connectivity index (χ0v) is 20.2. The largest absolute Gasteiger partial charge is 0.422 e. The average Bonchev–Trinajstić information content (AvgIpc) is 2.78. The Bertz CT molecular complexity index is 1250. The molecule has 0 saturated heterocycles. The summed E-state index contributed by atoms with van der Waals surface area (Å²) in [6.45, 7) is 1.91. The fourth-order valence-electron chi connectivity index (χ4n) is 2.55. The van der Waals surface area contributed by atoms with Gasteiger partial charge in [0.1, 0.15) is 5.75 Å². The second kappa shape index (κ2) is 11.1. The number of esters is 1. The number of hydrazone groups is 1. The van der Waals surface area contributed by atoms with Crippen LogP contribution in [0.1, 0.15) is 21.5 Å². The fraction of sp³-hybridized carbons (Fsp3) is 0.0435. The van der Waals surface area contributed by atoms with E-state index in [9.17, 15) is 14.4 Å². The molecule has 2 N–H and O–H groups in total. The summed E-state index contributed by atoms with van der Waals surface area (Å²) < 4.78 is 6.16. The van der Waals surface area contributed by atoms with Gasteiger partial charge < -0.3 is 10.1 Å². The van der Waals surface area contributed by atoms with Gasteiger partial charge in [-0.3, -0.25) is 9.59 Å². The maximum atomic E-state index is 12.4. The summed E-state index contributed by atoms with van der Waals surface area (Å²) in [5.74, 6) is -2.35. The summed E-state index contributed by atoms with van der Waals surface area (Å²) in [6, 6.07) is 16.3. The number of amides is 2. The Kier molecular flexibility index (Phi) is 8.21. The standard InChI is InChI=1S/C23H16BrCl2N3O4/c1-13-2-4-14(5-3-13)23(32)33-20-9-6-16(24)10-15(20)12-27-29-22(31)21(30)28-19-11-17(25)7-8-18(19)26/h2-12H,1H3,(H,28,30)(H,29,31)/b27-12-. The first-order valence-corrected chi connectivity index (χ1v) is 11.0. The molecule has 0 aliphatic carbocycles. The van der Waals surface area contributed by atoms with Crippen LogP contribution in [0.4, 0.5) is 5.69 Å². The topological polar surface area (TPSA) is 96.9 Å². The number of ether oxygens (including phenoxy) is 1. The third kappa shape index (κ3) is 6.89. The van der Waals surface area contributed by atoms with Crippen molar-refractivity contribution in [1.82, 2.24) is 5.43 Å². The Balaban J connectivity index is 1.67. The monoisotopic (exact) mass is 547 g/mol. The van der Waals surface area contributed by atoms with Gasteiger partial charge in [0, 0.05) is 15.1 Å². The number of nitrogens with one attached hydrogen (secondary N) is 2. The van der Waals surface area contributed by atoms with E-state index in [1.54, 1.807) is 48.5 Å². The highest BCUT2D eigenvalue weighted by atomic mass is 79.9. The van der Waals surface area contributed by atoms with Crippen LogP contribution in [0.15, 0.2) is 70.2 Å². The molecule has 0 bridgehead atoms. The van der Waals surface area contributed by atoms with Crippen LogP contribution in [-0.4, -0.2) is 24.0 Å². The molecule has 10 heteroatoms. The molecular formula is C23H16BrCl2N3O4. The maximum absolute atomic E-state index is 12.4. The number of aryl methyl sites for hydroxylation is 1. The van der Waals surface area contributed by atoms with Gasteiger partial charge in [-0.05, 0) is 55.5 Å². The van der Waals surface area contributed by atoms with E-state index in [0.717, 1.165) is 5.56 Å². The highest BCUT2D eigenvalue weighted by Gasteiger charge is 2.15. The van der Waals surface area contributed by atoms with Crippen LogP contribution in [0.25, 0.3) is 0 Å². The van der Waals surface area contributed by atoms with Gasteiger partial charge in [-0.1, -0.05) is 56.8 Å². The molecule has 0 aliphatic heterocycles. The van der Waals surface area contributed by atoms with Gasteiger partial charge in [0.25, 0.3) is 0 Å². The molecule has 3 rings (SSSR count). The highest BCUT2D eigenvalue weighted by Crippen LogP contribution is 2.25. The van der Waals surface area contributed by atoms with Crippen LogP contribution in [-0.2, 0) is 9.59 Å². The van der Waals surface area contributed by atoms with Gasteiger partial charge in [-0.15, -0.1) is 0 Å². The number of carbonyl (C=O) groups excluding carboxylic acids is 3. The fourth-order valence-corrected chi connectivity index (χ4v) is 3.26. The van der Waals surface area contributed by atoms with E-state index >= 15 is 0 Å². The minimum atomic E-state index is -1.03. The van der Waals surface area contributed by atoms with Crippen LogP contribution < -0.4 is 15.5 Å². The van der Waals surface area contributed by atoms with Gasteiger partial charge in [0.15, 0.2) is 0 Å². The summed E-state index contributed by atoms with van der Waals surface area (Å²) >= 11 is 15.2. The zero-order chi connectivity index (χ0) is 24.0. The van der Waals surface area contributed by atoms with E-state index < -0.39 is 17.8 Å². The predicted octanol–water partition coefficient (Wildman–Crippen LogP) is 5.37. The smallest absolute Gasteiger partial charge is 0.343 e. The van der Waals surface area contributed by atoms with E-state index in [-0.39, 0.29) is 16.5 Å². The SMILES string of the molecule is Cc1ccc(C(=O)Oc2ccc(Br)cc2/C=N\NC(=O)C(=O)Nc2cc(Cl)ccc2Cl)cc1. The first kappa shape index (κ1) is 24.4. The lowest BCUT2D eigenvalue weighted by atomic mass is 10.1. The predicted molar refractivity (Wildman–Crippen MR) is 131 cm³/mol. The molecule has 0 spiro atoms. The van der Waals surface area contributed by atoms with E-state index in [1.807, 2.05) is 6.92 Å². The minimum absolute atomic E-state index is 0.186. The first-order chi connectivity index (χ1) is 15.7. The molecule has 168 valence electrons.